The van der Waals surface area contributed by atoms with Crippen molar-refractivity contribution < 1.29 is 4.57 Å². The van der Waals surface area contributed by atoms with E-state index < -0.39 is 0 Å². The molecule has 2 rings (SSSR count). The second-order valence-electron chi connectivity index (χ2n) is 13.1. The molecular formula is C39H69N2+. The first-order valence-electron chi connectivity index (χ1n) is 18.4. The molecule has 0 aliphatic heterocycles. The normalized spacial score (nSPS) is 13.0. The van der Waals surface area contributed by atoms with Crippen molar-refractivity contribution in [3.63, 3.8) is 0 Å². The highest BCUT2D eigenvalue weighted by molar-refractivity contribution is 5.15. The number of hydrogen-bond acceptors (Lipinski definition) is 0. The fourth-order valence-electron chi connectivity index (χ4n) is 6.75. The minimum atomic E-state index is 0.605. The molecule has 2 aromatic rings. The summed E-state index contributed by atoms with van der Waals surface area (Å²) in [5.74, 6) is 0.713. The van der Waals surface area contributed by atoms with Crippen molar-refractivity contribution in [3.05, 3.63) is 54.6 Å². The zero-order valence-corrected chi connectivity index (χ0v) is 27.6. The summed E-state index contributed by atoms with van der Waals surface area (Å²) in [6.45, 7) is 4.62. The van der Waals surface area contributed by atoms with Crippen LogP contribution in [0.2, 0.25) is 0 Å². The first-order chi connectivity index (χ1) is 20.3. The Morgan fingerprint density at radius 2 is 0.976 bits per heavy atom. The molecule has 2 heteroatoms. The van der Waals surface area contributed by atoms with Gasteiger partial charge in [0.15, 0.2) is 0 Å². The standard InChI is InChI=1S/C39H68N2/c1-3-5-7-9-11-13-14-15-16-17-18-19-20-22-27-31-38(35-37-29-25-24-26-30-37)39(41-34-33-40-36-41)32-28-23-21-12-10-8-6-4-2/h24-26,29-30,33-34,36,38-39H,3-23,27-28,31-32,35H2,1-2H3/p+1. The van der Waals surface area contributed by atoms with Crippen LogP contribution >= 0.6 is 0 Å². The molecule has 0 saturated heterocycles. The van der Waals surface area contributed by atoms with E-state index in [1.165, 1.54) is 173 Å². The van der Waals surface area contributed by atoms with Crippen molar-refractivity contribution >= 4 is 0 Å². The third kappa shape index (κ3) is 18.6. The lowest BCUT2D eigenvalue weighted by Gasteiger charge is -2.25. The van der Waals surface area contributed by atoms with Crippen molar-refractivity contribution in [2.75, 3.05) is 0 Å². The van der Waals surface area contributed by atoms with Crippen LogP contribution in [0.4, 0.5) is 0 Å². The van der Waals surface area contributed by atoms with Crippen LogP contribution in [0.25, 0.3) is 0 Å². The highest BCUT2D eigenvalue weighted by atomic mass is 15.1. The topological polar surface area (TPSA) is 19.7 Å². The van der Waals surface area contributed by atoms with Crippen LogP contribution < -0.4 is 4.57 Å². The van der Waals surface area contributed by atoms with E-state index in [1.54, 1.807) is 0 Å². The zero-order valence-electron chi connectivity index (χ0n) is 27.6. The smallest absolute Gasteiger partial charge is 0.241 e. The molecule has 0 aliphatic carbocycles. The van der Waals surface area contributed by atoms with E-state index in [4.69, 9.17) is 0 Å². The van der Waals surface area contributed by atoms with Gasteiger partial charge in [0, 0.05) is 5.92 Å². The van der Waals surface area contributed by atoms with Crippen molar-refractivity contribution in [3.8, 4) is 0 Å². The summed E-state index contributed by atoms with van der Waals surface area (Å²) in [5, 5.41) is 0. The van der Waals surface area contributed by atoms with E-state index in [0.717, 1.165) is 0 Å². The molecule has 0 amide bonds. The van der Waals surface area contributed by atoms with Crippen LogP contribution in [0.1, 0.15) is 186 Å². The van der Waals surface area contributed by atoms with E-state index in [1.807, 2.05) is 0 Å². The van der Waals surface area contributed by atoms with Gasteiger partial charge >= 0.3 is 0 Å². The van der Waals surface area contributed by atoms with Gasteiger partial charge in [-0.25, -0.2) is 4.57 Å². The molecule has 2 unspecified atom stereocenters. The fourth-order valence-corrected chi connectivity index (χ4v) is 6.75. The van der Waals surface area contributed by atoms with Crippen LogP contribution in [0.3, 0.4) is 0 Å². The molecule has 2 atom stereocenters. The molecule has 0 radical (unpaired) electrons. The summed E-state index contributed by atoms with van der Waals surface area (Å²) in [7, 11) is 0. The number of benzene rings is 1. The van der Waals surface area contributed by atoms with E-state index in [2.05, 4.69) is 72.5 Å². The van der Waals surface area contributed by atoms with Gasteiger partial charge in [0.05, 0.1) is 0 Å². The number of imidazole rings is 1. The number of rotatable bonds is 29. The molecule has 1 heterocycles. The van der Waals surface area contributed by atoms with Gasteiger partial charge in [-0.15, -0.1) is 0 Å². The van der Waals surface area contributed by atoms with Gasteiger partial charge in [-0.05, 0) is 31.2 Å². The maximum absolute atomic E-state index is 3.34. The summed E-state index contributed by atoms with van der Waals surface area (Å²) in [5.41, 5.74) is 1.51. The lowest BCUT2D eigenvalue weighted by atomic mass is 9.84. The van der Waals surface area contributed by atoms with Crippen molar-refractivity contribution in [2.45, 2.75) is 187 Å². The molecule has 0 spiro atoms. The molecule has 1 aromatic carbocycles. The Morgan fingerprint density at radius 1 is 0.537 bits per heavy atom. The second kappa shape index (κ2) is 26.1. The average Bonchev–Trinajstić information content (AvgIpc) is 3.53. The van der Waals surface area contributed by atoms with Crippen LogP contribution in [0, 0.1) is 5.92 Å². The number of nitrogens with one attached hydrogen (secondary N) is 1. The van der Waals surface area contributed by atoms with Crippen LogP contribution in [0.15, 0.2) is 49.1 Å². The Balaban J connectivity index is 1.69. The fraction of sp³-hybridized carbons (Fsp3) is 0.769. The molecular weight excluding hydrogens is 496 g/mol. The van der Waals surface area contributed by atoms with Gasteiger partial charge in [0.1, 0.15) is 18.4 Å². The number of hydrogen-bond donors (Lipinski definition) is 1. The molecule has 0 aliphatic rings. The lowest BCUT2D eigenvalue weighted by molar-refractivity contribution is -0.730. The third-order valence-corrected chi connectivity index (χ3v) is 9.37. The Bertz CT molecular complexity index is 768. The summed E-state index contributed by atoms with van der Waals surface area (Å²) < 4.78 is 2.50. The molecule has 1 aromatic heterocycles. The Kier molecular flexibility index (Phi) is 22.7. The van der Waals surface area contributed by atoms with Gasteiger partial charge in [-0.2, -0.15) is 0 Å². The van der Waals surface area contributed by atoms with Gasteiger partial charge in [-0.1, -0.05) is 185 Å². The van der Waals surface area contributed by atoms with Crippen LogP contribution in [0.5, 0.6) is 0 Å². The molecule has 234 valence electrons. The number of aromatic nitrogens is 2. The first-order valence-corrected chi connectivity index (χ1v) is 18.4. The summed E-state index contributed by atoms with van der Waals surface area (Å²) in [6, 6.07) is 11.9. The molecule has 0 bridgehead atoms. The van der Waals surface area contributed by atoms with Crippen LogP contribution in [-0.4, -0.2) is 4.98 Å². The van der Waals surface area contributed by atoms with Gasteiger partial charge in [0.2, 0.25) is 6.33 Å². The maximum atomic E-state index is 3.34. The number of aromatic amines is 1. The summed E-state index contributed by atoms with van der Waals surface area (Å²) in [4.78, 5) is 3.34. The molecule has 0 fully saturated rings. The largest absolute Gasteiger partial charge is 0.250 e. The Morgan fingerprint density at radius 3 is 1.41 bits per heavy atom. The van der Waals surface area contributed by atoms with Crippen molar-refractivity contribution in [2.24, 2.45) is 5.92 Å². The molecule has 2 nitrogen and oxygen atoms in total. The summed E-state index contributed by atoms with van der Waals surface area (Å²) >= 11 is 0. The first kappa shape index (κ1) is 35.6. The highest BCUT2D eigenvalue weighted by Crippen LogP contribution is 2.29. The number of nitrogens with zero attached hydrogens (tertiary/aromatic N) is 1. The van der Waals surface area contributed by atoms with Crippen LogP contribution in [-0.2, 0) is 6.42 Å². The summed E-state index contributed by atoms with van der Waals surface area (Å²) in [6.07, 6.45) is 43.3. The Labute approximate surface area is 256 Å². The minimum Gasteiger partial charge on any atom is -0.250 e. The van der Waals surface area contributed by atoms with Crippen molar-refractivity contribution in [1.82, 2.24) is 4.98 Å². The third-order valence-electron chi connectivity index (χ3n) is 9.37. The highest BCUT2D eigenvalue weighted by Gasteiger charge is 2.26. The van der Waals surface area contributed by atoms with E-state index in [9.17, 15) is 0 Å². The van der Waals surface area contributed by atoms with E-state index >= 15 is 0 Å². The van der Waals surface area contributed by atoms with E-state index in [0.29, 0.717) is 12.0 Å². The number of unbranched alkanes of at least 4 members (excludes halogenated alkanes) is 21. The predicted molar refractivity (Wildman–Crippen MR) is 180 cm³/mol. The maximum Gasteiger partial charge on any atom is 0.241 e. The number of H-pyrrole nitrogens is 1. The Hall–Kier alpha value is -1.57. The van der Waals surface area contributed by atoms with Gasteiger partial charge < -0.3 is 0 Å². The SMILES string of the molecule is CCCCCCCCCCCCCCCCCC(Cc1ccccc1)C(CCCCCCCCCC)[n+]1cc[nH]c1. The quantitative estimate of drug-likeness (QED) is 0.0747. The van der Waals surface area contributed by atoms with E-state index in [-0.39, 0.29) is 0 Å². The minimum absolute atomic E-state index is 0.605. The monoisotopic (exact) mass is 566 g/mol. The molecule has 41 heavy (non-hydrogen) atoms. The molecule has 0 saturated carbocycles. The zero-order chi connectivity index (χ0) is 29.1. The van der Waals surface area contributed by atoms with Gasteiger partial charge in [0.25, 0.3) is 0 Å². The predicted octanol–water partition coefficient (Wildman–Crippen LogP) is 12.5. The second-order valence-corrected chi connectivity index (χ2v) is 13.1. The molecule has 1 N–H and O–H groups in total. The average molecular weight is 566 g/mol. The van der Waals surface area contributed by atoms with Gasteiger partial charge in [-0.3, -0.25) is 4.98 Å². The van der Waals surface area contributed by atoms with Crippen molar-refractivity contribution in [1.29, 1.82) is 0 Å². The lowest BCUT2D eigenvalue weighted by Crippen LogP contribution is -2.42.